The predicted molar refractivity (Wildman–Crippen MR) is 54.3 cm³/mol. The van der Waals surface area contributed by atoms with Crippen molar-refractivity contribution < 1.29 is 9.53 Å². The summed E-state index contributed by atoms with van der Waals surface area (Å²) in [6, 6.07) is 1.68. The number of aromatic amines is 1. The van der Waals surface area contributed by atoms with E-state index >= 15 is 0 Å². The number of carbonyl (C=O) groups is 1. The Morgan fingerprint density at radius 1 is 1.67 bits per heavy atom. The number of aromatic nitrogens is 2. The van der Waals surface area contributed by atoms with E-state index in [1.165, 1.54) is 7.11 Å². The minimum atomic E-state index is -0.382. The largest absolute Gasteiger partial charge is 0.496 e. The van der Waals surface area contributed by atoms with Gasteiger partial charge in [-0.3, -0.25) is 10.2 Å². The molecule has 2 heterocycles. The Hall–Kier alpha value is -2.08. The first-order chi connectivity index (χ1) is 7.27. The number of H-pyrrole nitrogens is 1. The Kier molecular flexibility index (Phi) is 2.26. The second kappa shape index (κ2) is 3.58. The van der Waals surface area contributed by atoms with Crippen LogP contribution in [0.1, 0.15) is 10.4 Å². The standard InChI is InChI=1S/C9H10N4O2/c1-15-6-2-3-11-8-7(6)5(4-12-8)9(14)13-10/h2-4H,10H2,1H3,(H,11,12)(H,13,14). The number of pyridine rings is 1. The van der Waals surface area contributed by atoms with Crippen molar-refractivity contribution in [1.82, 2.24) is 15.4 Å². The van der Waals surface area contributed by atoms with Crippen LogP contribution in [-0.4, -0.2) is 23.0 Å². The number of nitrogens with zero attached hydrogens (tertiary/aromatic N) is 1. The van der Waals surface area contributed by atoms with E-state index in [-0.39, 0.29) is 5.91 Å². The Morgan fingerprint density at radius 2 is 2.47 bits per heavy atom. The molecule has 0 aliphatic carbocycles. The van der Waals surface area contributed by atoms with Crippen molar-refractivity contribution in [3.63, 3.8) is 0 Å². The van der Waals surface area contributed by atoms with Crippen LogP contribution in [0.4, 0.5) is 0 Å². The molecular weight excluding hydrogens is 196 g/mol. The summed E-state index contributed by atoms with van der Waals surface area (Å²) in [5.41, 5.74) is 3.07. The number of amides is 1. The van der Waals surface area contributed by atoms with Crippen LogP contribution in [0, 0.1) is 0 Å². The normalized spacial score (nSPS) is 10.3. The summed E-state index contributed by atoms with van der Waals surface area (Å²) in [6.07, 6.45) is 3.14. The maximum absolute atomic E-state index is 11.4. The lowest BCUT2D eigenvalue weighted by molar-refractivity contribution is 0.0955. The number of hydrogen-bond donors (Lipinski definition) is 3. The van der Waals surface area contributed by atoms with Crippen LogP contribution in [0.3, 0.4) is 0 Å². The average Bonchev–Trinajstić information content (AvgIpc) is 2.71. The molecule has 0 aliphatic rings. The zero-order valence-corrected chi connectivity index (χ0v) is 8.07. The first kappa shape index (κ1) is 9.47. The molecule has 0 radical (unpaired) electrons. The maximum atomic E-state index is 11.4. The van der Waals surface area contributed by atoms with Crippen LogP contribution in [-0.2, 0) is 0 Å². The van der Waals surface area contributed by atoms with E-state index in [1.54, 1.807) is 18.5 Å². The Bertz CT molecular complexity index is 506. The van der Waals surface area contributed by atoms with Gasteiger partial charge in [0, 0.05) is 12.4 Å². The van der Waals surface area contributed by atoms with E-state index in [9.17, 15) is 4.79 Å². The van der Waals surface area contributed by atoms with Crippen LogP contribution in [0.2, 0.25) is 0 Å². The van der Waals surface area contributed by atoms with Gasteiger partial charge < -0.3 is 9.72 Å². The molecule has 0 aliphatic heterocycles. The van der Waals surface area contributed by atoms with E-state index < -0.39 is 0 Å². The number of rotatable bonds is 2. The summed E-state index contributed by atoms with van der Waals surface area (Å²) in [6.45, 7) is 0. The summed E-state index contributed by atoms with van der Waals surface area (Å²) in [4.78, 5) is 18.4. The van der Waals surface area contributed by atoms with Gasteiger partial charge in [-0.2, -0.15) is 0 Å². The molecule has 6 heteroatoms. The van der Waals surface area contributed by atoms with Crippen molar-refractivity contribution in [1.29, 1.82) is 0 Å². The molecule has 0 aromatic carbocycles. The molecule has 0 atom stereocenters. The highest BCUT2D eigenvalue weighted by atomic mass is 16.5. The van der Waals surface area contributed by atoms with Gasteiger partial charge in [-0.1, -0.05) is 0 Å². The quantitative estimate of drug-likeness (QED) is 0.371. The van der Waals surface area contributed by atoms with E-state index in [1.807, 2.05) is 0 Å². The Morgan fingerprint density at radius 3 is 3.13 bits per heavy atom. The van der Waals surface area contributed by atoms with Gasteiger partial charge in [-0.05, 0) is 6.07 Å². The molecule has 0 unspecified atom stereocenters. The van der Waals surface area contributed by atoms with Gasteiger partial charge in [0.15, 0.2) is 0 Å². The van der Waals surface area contributed by atoms with Gasteiger partial charge >= 0.3 is 0 Å². The molecule has 4 N–H and O–H groups in total. The van der Waals surface area contributed by atoms with Gasteiger partial charge in [0.1, 0.15) is 11.4 Å². The van der Waals surface area contributed by atoms with Crippen LogP contribution in [0.25, 0.3) is 11.0 Å². The maximum Gasteiger partial charge on any atom is 0.267 e. The smallest absolute Gasteiger partial charge is 0.267 e. The number of carbonyl (C=O) groups excluding carboxylic acids is 1. The van der Waals surface area contributed by atoms with Crippen LogP contribution < -0.4 is 16.0 Å². The molecule has 6 nitrogen and oxygen atoms in total. The zero-order valence-electron chi connectivity index (χ0n) is 8.07. The van der Waals surface area contributed by atoms with Crippen molar-refractivity contribution in [3.05, 3.63) is 24.0 Å². The third-order valence-electron chi connectivity index (χ3n) is 2.13. The molecule has 0 saturated carbocycles. The van der Waals surface area contributed by atoms with Crippen LogP contribution >= 0.6 is 0 Å². The molecule has 0 bridgehead atoms. The van der Waals surface area contributed by atoms with Crippen molar-refractivity contribution >= 4 is 16.9 Å². The van der Waals surface area contributed by atoms with E-state index in [4.69, 9.17) is 10.6 Å². The summed E-state index contributed by atoms with van der Waals surface area (Å²) in [7, 11) is 1.53. The van der Waals surface area contributed by atoms with Crippen molar-refractivity contribution in [2.45, 2.75) is 0 Å². The average molecular weight is 206 g/mol. The van der Waals surface area contributed by atoms with Gasteiger partial charge in [0.2, 0.25) is 0 Å². The minimum Gasteiger partial charge on any atom is -0.496 e. The molecule has 2 rings (SSSR count). The molecule has 0 spiro atoms. The van der Waals surface area contributed by atoms with E-state index in [0.29, 0.717) is 22.3 Å². The third-order valence-corrected chi connectivity index (χ3v) is 2.13. The number of nitrogens with one attached hydrogen (secondary N) is 2. The van der Waals surface area contributed by atoms with Gasteiger partial charge in [-0.15, -0.1) is 0 Å². The number of nitrogen functional groups attached to an aromatic ring is 1. The number of hydrogen-bond acceptors (Lipinski definition) is 4. The third kappa shape index (κ3) is 1.40. The SMILES string of the molecule is COc1ccnc2[nH]cc(C(=O)NN)c12. The molecule has 1 amide bonds. The second-order valence-corrected chi connectivity index (χ2v) is 2.91. The number of ether oxygens (including phenoxy) is 1. The first-order valence-corrected chi connectivity index (χ1v) is 4.29. The fourth-order valence-corrected chi connectivity index (χ4v) is 1.45. The zero-order chi connectivity index (χ0) is 10.8. The molecule has 15 heavy (non-hydrogen) atoms. The molecule has 2 aromatic rings. The Balaban J connectivity index is 2.71. The molecule has 0 fully saturated rings. The summed E-state index contributed by atoms with van der Waals surface area (Å²) in [5.74, 6) is 5.27. The minimum absolute atomic E-state index is 0.382. The van der Waals surface area contributed by atoms with Crippen molar-refractivity contribution in [3.8, 4) is 5.75 Å². The highest BCUT2D eigenvalue weighted by molar-refractivity contribution is 6.07. The van der Waals surface area contributed by atoms with Gasteiger partial charge in [0.25, 0.3) is 5.91 Å². The number of nitrogens with two attached hydrogens (primary N) is 1. The number of fused-ring (bicyclic) bond motifs is 1. The fraction of sp³-hybridized carbons (Fsp3) is 0.111. The highest BCUT2D eigenvalue weighted by Gasteiger charge is 2.15. The molecule has 0 saturated heterocycles. The summed E-state index contributed by atoms with van der Waals surface area (Å²) >= 11 is 0. The monoisotopic (exact) mass is 206 g/mol. The molecule has 2 aromatic heterocycles. The predicted octanol–water partition coefficient (Wildman–Crippen LogP) is 0.175. The van der Waals surface area contributed by atoms with Crippen molar-refractivity contribution in [2.75, 3.05) is 7.11 Å². The molecule has 78 valence electrons. The number of methoxy groups -OCH3 is 1. The van der Waals surface area contributed by atoms with E-state index in [2.05, 4.69) is 15.4 Å². The van der Waals surface area contributed by atoms with Crippen LogP contribution in [0.5, 0.6) is 5.75 Å². The summed E-state index contributed by atoms with van der Waals surface area (Å²) in [5, 5.41) is 0.628. The fourth-order valence-electron chi connectivity index (χ4n) is 1.45. The topological polar surface area (TPSA) is 93.0 Å². The number of hydrazine groups is 1. The lowest BCUT2D eigenvalue weighted by Gasteiger charge is -2.02. The van der Waals surface area contributed by atoms with Gasteiger partial charge in [-0.25, -0.2) is 10.8 Å². The first-order valence-electron chi connectivity index (χ1n) is 4.29. The lowest BCUT2D eigenvalue weighted by Crippen LogP contribution is -2.29. The highest BCUT2D eigenvalue weighted by Crippen LogP contribution is 2.26. The Labute approximate surface area is 85.4 Å². The van der Waals surface area contributed by atoms with Gasteiger partial charge in [0.05, 0.1) is 18.1 Å². The summed E-state index contributed by atoms with van der Waals surface area (Å²) < 4.78 is 5.14. The second-order valence-electron chi connectivity index (χ2n) is 2.91. The molecular formula is C9H10N4O2. The van der Waals surface area contributed by atoms with E-state index in [0.717, 1.165) is 0 Å². The lowest BCUT2D eigenvalue weighted by atomic mass is 10.2. The van der Waals surface area contributed by atoms with Crippen LogP contribution in [0.15, 0.2) is 18.5 Å². The van der Waals surface area contributed by atoms with Crippen molar-refractivity contribution in [2.24, 2.45) is 5.84 Å².